The first kappa shape index (κ1) is 21.2. The molecule has 0 unspecified atom stereocenters. The summed E-state index contributed by atoms with van der Waals surface area (Å²) in [6, 6.07) is 7.92. The lowest BCUT2D eigenvalue weighted by Crippen LogP contribution is -2.49. The zero-order valence-electron chi connectivity index (χ0n) is 17.7. The molecular formula is C23H31N3O3S. The third kappa shape index (κ3) is 5.01. The summed E-state index contributed by atoms with van der Waals surface area (Å²) in [4.78, 5) is 29.5. The summed E-state index contributed by atoms with van der Waals surface area (Å²) >= 11 is 2.03. The van der Waals surface area contributed by atoms with Gasteiger partial charge in [0.15, 0.2) is 5.76 Å². The Kier molecular flexibility index (Phi) is 7.00. The molecule has 0 bridgehead atoms. The molecule has 2 saturated heterocycles. The van der Waals surface area contributed by atoms with E-state index in [-0.39, 0.29) is 11.8 Å². The highest BCUT2D eigenvalue weighted by Crippen LogP contribution is 2.26. The van der Waals surface area contributed by atoms with Crippen LogP contribution in [0.2, 0.25) is 0 Å². The van der Waals surface area contributed by atoms with E-state index in [9.17, 15) is 9.59 Å². The van der Waals surface area contributed by atoms with Gasteiger partial charge in [0.2, 0.25) is 5.91 Å². The van der Waals surface area contributed by atoms with Gasteiger partial charge in [0, 0.05) is 61.2 Å². The van der Waals surface area contributed by atoms with Crippen molar-refractivity contribution in [2.24, 2.45) is 0 Å². The number of fused-ring (bicyclic) bond motifs is 1. The molecule has 2 amide bonds. The Morgan fingerprint density at radius 1 is 1.13 bits per heavy atom. The van der Waals surface area contributed by atoms with Crippen molar-refractivity contribution in [2.45, 2.75) is 45.1 Å². The minimum Gasteiger partial charge on any atom is -0.451 e. The molecule has 1 N–H and O–H groups in total. The van der Waals surface area contributed by atoms with E-state index < -0.39 is 0 Å². The molecule has 30 heavy (non-hydrogen) atoms. The number of nitrogens with one attached hydrogen (secondary N) is 1. The molecule has 0 atom stereocenters. The first-order valence-corrected chi connectivity index (χ1v) is 12.2. The second-order valence-corrected chi connectivity index (χ2v) is 9.41. The van der Waals surface area contributed by atoms with Gasteiger partial charge in [0.05, 0.1) is 0 Å². The number of unbranched alkanes of at least 4 members (excludes halogenated alkanes) is 1. The number of likely N-dealkylation sites (tertiary alicyclic amines) is 1. The fraction of sp³-hybridized carbons (Fsp3) is 0.565. The lowest BCUT2D eigenvalue weighted by atomic mass is 10.0. The fourth-order valence-corrected chi connectivity index (χ4v) is 5.25. The van der Waals surface area contributed by atoms with E-state index >= 15 is 0 Å². The normalized spacial score (nSPS) is 18.6. The van der Waals surface area contributed by atoms with Crippen molar-refractivity contribution in [3.8, 4) is 0 Å². The molecule has 6 nitrogen and oxygen atoms in total. The van der Waals surface area contributed by atoms with E-state index in [1.54, 1.807) is 6.07 Å². The molecule has 4 rings (SSSR count). The Morgan fingerprint density at radius 2 is 1.90 bits per heavy atom. The summed E-state index contributed by atoms with van der Waals surface area (Å²) in [6.07, 6.45) is 4.46. The van der Waals surface area contributed by atoms with E-state index in [2.05, 4.69) is 17.1 Å². The SMILES string of the molecule is CCCCC(=O)Nc1ccc2oc(C(=O)N3CCC(N4CCSCC4)CC3)cc2c1. The summed E-state index contributed by atoms with van der Waals surface area (Å²) in [5.41, 5.74) is 1.41. The average molecular weight is 430 g/mol. The van der Waals surface area contributed by atoms with Crippen molar-refractivity contribution in [3.63, 3.8) is 0 Å². The lowest BCUT2D eigenvalue weighted by Gasteiger charge is -2.39. The van der Waals surface area contributed by atoms with Crippen molar-refractivity contribution >= 4 is 40.2 Å². The van der Waals surface area contributed by atoms with Gasteiger partial charge in [-0.15, -0.1) is 0 Å². The number of thioether (sulfide) groups is 1. The predicted octanol–water partition coefficient (Wildman–Crippen LogP) is 4.21. The number of benzene rings is 1. The van der Waals surface area contributed by atoms with Gasteiger partial charge in [-0.1, -0.05) is 13.3 Å². The number of amides is 2. The number of piperidine rings is 1. The first-order valence-electron chi connectivity index (χ1n) is 11.1. The zero-order chi connectivity index (χ0) is 20.9. The lowest BCUT2D eigenvalue weighted by molar-refractivity contribution is -0.116. The van der Waals surface area contributed by atoms with E-state index in [0.29, 0.717) is 23.8 Å². The quantitative estimate of drug-likeness (QED) is 0.745. The molecule has 1 aromatic heterocycles. The van der Waals surface area contributed by atoms with Crippen LogP contribution in [0.3, 0.4) is 0 Å². The number of carbonyl (C=O) groups is 2. The van der Waals surface area contributed by atoms with Gasteiger partial charge < -0.3 is 14.6 Å². The summed E-state index contributed by atoms with van der Waals surface area (Å²) in [5, 5.41) is 3.76. The Morgan fingerprint density at radius 3 is 2.63 bits per heavy atom. The molecule has 0 aliphatic carbocycles. The van der Waals surface area contributed by atoms with E-state index in [1.165, 1.54) is 24.6 Å². The highest BCUT2D eigenvalue weighted by atomic mass is 32.2. The molecule has 0 radical (unpaired) electrons. The van der Waals surface area contributed by atoms with Gasteiger partial charge in [0.1, 0.15) is 5.58 Å². The third-order valence-corrected chi connectivity index (χ3v) is 7.02. The van der Waals surface area contributed by atoms with Crippen LogP contribution in [0, 0.1) is 0 Å². The molecular weight excluding hydrogens is 398 g/mol. The molecule has 162 valence electrons. The monoisotopic (exact) mass is 429 g/mol. The fourth-order valence-electron chi connectivity index (χ4n) is 4.32. The maximum absolute atomic E-state index is 13.0. The summed E-state index contributed by atoms with van der Waals surface area (Å²) in [5.74, 6) is 2.81. The maximum Gasteiger partial charge on any atom is 0.289 e. The molecule has 2 fully saturated rings. The van der Waals surface area contributed by atoms with Gasteiger partial charge in [-0.3, -0.25) is 14.5 Å². The number of carbonyl (C=O) groups excluding carboxylic acids is 2. The second-order valence-electron chi connectivity index (χ2n) is 8.19. The zero-order valence-corrected chi connectivity index (χ0v) is 18.5. The molecule has 0 saturated carbocycles. The van der Waals surface area contributed by atoms with Crippen LogP contribution in [-0.4, -0.2) is 65.3 Å². The van der Waals surface area contributed by atoms with Gasteiger partial charge in [-0.25, -0.2) is 0 Å². The molecule has 1 aromatic carbocycles. The smallest absolute Gasteiger partial charge is 0.289 e. The van der Waals surface area contributed by atoms with Crippen LogP contribution in [-0.2, 0) is 4.79 Å². The molecule has 3 heterocycles. The molecule has 2 aliphatic rings. The van der Waals surface area contributed by atoms with Gasteiger partial charge in [-0.05, 0) is 43.5 Å². The predicted molar refractivity (Wildman–Crippen MR) is 122 cm³/mol. The Hall–Kier alpha value is -1.99. The third-order valence-electron chi connectivity index (χ3n) is 6.08. The minimum atomic E-state index is -0.0348. The summed E-state index contributed by atoms with van der Waals surface area (Å²) in [6.45, 7) is 5.97. The van der Waals surface area contributed by atoms with Crippen molar-refractivity contribution in [1.82, 2.24) is 9.80 Å². The highest BCUT2D eigenvalue weighted by Gasteiger charge is 2.29. The van der Waals surface area contributed by atoms with Crippen molar-refractivity contribution in [2.75, 3.05) is 43.0 Å². The molecule has 2 aromatic rings. The number of rotatable bonds is 6. The van der Waals surface area contributed by atoms with E-state index in [0.717, 1.165) is 49.8 Å². The van der Waals surface area contributed by atoms with Crippen LogP contribution in [0.1, 0.15) is 49.6 Å². The number of hydrogen-bond acceptors (Lipinski definition) is 5. The highest BCUT2D eigenvalue weighted by molar-refractivity contribution is 7.99. The Labute approximate surface area is 182 Å². The van der Waals surface area contributed by atoms with Crippen molar-refractivity contribution in [1.29, 1.82) is 0 Å². The van der Waals surface area contributed by atoms with E-state index in [4.69, 9.17) is 4.42 Å². The van der Waals surface area contributed by atoms with Crippen LogP contribution in [0.5, 0.6) is 0 Å². The van der Waals surface area contributed by atoms with Crippen molar-refractivity contribution < 1.29 is 14.0 Å². The van der Waals surface area contributed by atoms with Crippen LogP contribution >= 0.6 is 11.8 Å². The Bertz CT molecular complexity index is 883. The largest absolute Gasteiger partial charge is 0.451 e. The van der Waals surface area contributed by atoms with Gasteiger partial charge in [0.25, 0.3) is 5.91 Å². The van der Waals surface area contributed by atoms with Crippen LogP contribution in [0.15, 0.2) is 28.7 Å². The van der Waals surface area contributed by atoms with Crippen LogP contribution < -0.4 is 5.32 Å². The Balaban J connectivity index is 1.37. The van der Waals surface area contributed by atoms with Crippen LogP contribution in [0.4, 0.5) is 5.69 Å². The first-order chi connectivity index (χ1) is 14.6. The summed E-state index contributed by atoms with van der Waals surface area (Å²) in [7, 11) is 0. The number of hydrogen-bond donors (Lipinski definition) is 1. The maximum atomic E-state index is 13.0. The van der Waals surface area contributed by atoms with Crippen molar-refractivity contribution in [3.05, 3.63) is 30.0 Å². The second kappa shape index (κ2) is 9.88. The number of furan rings is 1. The molecule has 0 spiro atoms. The minimum absolute atomic E-state index is 0.0196. The topological polar surface area (TPSA) is 65.8 Å². The van der Waals surface area contributed by atoms with E-state index in [1.807, 2.05) is 34.9 Å². The van der Waals surface area contributed by atoms with Gasteiger partial charge in [-0.2, -0.15) is 11.8 Å². The van der Waals surface area contributed by atoms with Crippen LogP contribution in [0.25, 0.3) is 11.0 Å². The number of nitrogens with zero attached hydrogens (tertiary/aromatic N) is 2. The van der Waals surface area contributed by atoms with Gasteiger partial charge >= 0.3 is 0 Å². The molecule has 2 aliphatic heterocycles. The molecule has 7 heteroatoms. The standard InChI is InChI=1S/C23H31N3O3S/c1-2-3-4-22(27)24-18-5-6-20-17(15-18)16-21(29-20)23(28)26-9-7-19(8-10-26)25-11-13-30-14-12-25/h5-6,15-16,19H,2-4,7-14H2,1H3,(H,24,27). The number of anilines is 1. The average Bonchev–Trinajstić information content (AvgIpc) is 3.21. The summed E-state index contributed by atoms with van der Waals surface area (Å²) < 4.78 is 5.83.